The van der Waals surface area contributed by atoms with Gasteiger partial charge in [0.25, 0.3) is 0 Å². The molecule has 1 aliphatic rings. The molecule has 0 saturated carbocycles. The molecule has 3 nitrogen and oxygen atoms in total. The maximum atomic E-state index is 13.3. The topological polar surface area (TPSA) is 45.0 Å². The minimum absolute atomic E-state index is 0.178. The zero-order valence-corrected chi connectivity index (χ0v) is 9.83. The molecule has 1 aliphatic heterocycles. The molecule has 0 bridgehead atoms. The third-order valence-corrected chi connectivity index (χ3v) is 3.70. The van der Waals surface area contributed by atoms with E-state index < -0.39 is 0 Å². The molecule has 0 aliphatic carbocycles. The number of hydrogen-bond acceptors (Lipinski definition) is 2. The number of aromatic nitrogens is 1. The molecule has 1 aromatic carbocycles. The number of benzene rings is 1. The average Bonchev–Trinajstić information content (AvgIpc) is 2.67. The highest BCUT2D eigenvalue weighted by atomic mass is 19.1. The van der Waals surface area contributed by atoms with Gasteiger partial charge >= 0.3 is 0 Å². The molecule has 90 valence electrons. The average molecular weight is 233 g/mol. The van der Waals surface area contributed by atoms with E-state index in [-0.39, 0.29) is 11.9 Å². The second-order valence-electron chi connectivity index (χ2n) is 4.69. The fraction of sp³-hybridized carbons (Fsp3) is 0.385. The van der Waals surface area contributed by atoms with Crippen LogP contribution in [0.1, 0.15) is 17.3 Å². The van der Waals surface area contributed by atoms with Gasteiger partial charge in [0.2, 0.25) is 0 Å². The molecule has 0 radical (unpaired) electrons. The number of H-pyrrole nitrogens is 1. The molecule has 17 heavy (non-hydrogen) atoms. The van der Waals surface area contributed by atoms with Gasteiger partial charge < -0.3 is 10.7 Å². The summed E-state index contributed by atoms with van der Waals surface area (Å²) in [5, 5.41) is 1.01. The molecule has 0 amide bonds. The van der Waals surface area contributed by atoms with Crippen molar-refractivity contribution in [3.8, 4) is 0 Å². The Kier molecular flexibility index (Phi) is 2.42. The van der Waals surface area contributed by atoms with Gasteiger partial charge in [-0.3, -0.25) is 4.90 Å². The lowest BCUT2D eigenvalue weighted by molar-refractivity contribution is 0.233. The highest BCUT2D eigenvalue weighted by Gasteiger charge is 2.26. The van der Waals surface area contributed by atoms with Crippen LogP contribution in [0, 0.1) is 5.82 Å². The number of rotatable bonds is 1. The van der Waals surface area contributed by atoms with Crippen molar-refractivity contribution < 1.29 is 4.39 Å². The molecular weight excluding hydrogens is 217 g/mol. The summed E-state index contributed by atoms with van der Waals surface area (Å²) < 4.78 is 13.3. The van der Waals surface area contributed by atoms with Crippen LogP contribution in [-0.2, 0) is 6.42 Å². The van der Waals surface area contributed by atoms with Crippen LogP contribution in [0.15, 0.2) is 18.2 Å². The van der Waals surface area contributed by atoms with Crippen molar-refractivity contribution in [3.63, 3.8) is 0 Å². The highest BCUT2D eigenvalue weighted by molar-refractivity contribution is 5.85. The van der Waals surface area contributed by atoms with Gasteiger partial charge in [-0.25, -0.2) is 4.39 Å². The first kappa shape index (κ1) is 10.7. The van der Waals surface area contributed by atoms with Gasteiger partial charge in [-0.05, 0) is 37.2 Å². The number of likely N-dealkylation sites (N-methyl/N-ethyl adjacent to an activating group) is 1. The molecule has 3 N–H and O–H groups in total. The van der Waals surface area contributed by atoms with E-state index in [0.29, 0.717) is 6.54 Å². The summed E-state index contributed by atoms with van der Waals surface area (Å²) >= 11 is 0. The number of nitrogens with two attached hydrogens (primary N) is 1. The van der Waals surface area contributed by atoms with Crippen molar-refractivity contribution in [1.82, 2.24) is 9.88 Å². The van der Waals surface area contributed by atoms with Gasteiger partial charge in [0, 0.05) is 29.7 Å². The maximum absolute atomic E-state index is 13.3. The molecule has 2 heterocycles. The number of hydrogen-bond donors (Lipinski definition) is 2. The summed E-state index contributed by atoms with van der Waals surface area (Å²) in [6, 6.07) is 5.13. The Morgan fingerprint density at radius 1 is 1.53 bits per heavy atom. The minimum Gasteiger partial charge on any atom is -0.357 e. The number of halogens is 1. The summed E-state index contributed by atoms with van der Waals surface area (Å²) in [6.07, 6.45) is 0.950. The Hall–Kier alpha value is -1.39. The van der Waals surface area contributed by atoms with Gasteiger partial charge in [0.1, 0.15) is 5.82 Å². The van der Waals surface area contributed by atoms with Crippen molar-refractivity contribution in [2.75, 3.05) is 20.1 Å². The Morgan fingerprint density at radius 2 is 2.35 bits per heavy atom. The van der Waals surface area contributed by atoms with Gasteiger partial charge in [-0.2, -0.15) is 0 Å². The van der Waals surface area contributed by atoms with Gasteiger partial charge in [0.05, 0.1) is 6.04 Å². The highest BCUT2D eigenvalue weighted by Crippen LogP contribution is 2.33. The Bertz CT molecular complexity index is 561. The van der Waals surface area contributed by atoms with Crippen LogP contribution in [0.25, 0.3) is 10.9 Å². The lowest BCUT2D eigenvalue weighted by atomic mass is 9.98. The minimum atomic E-state index is -0.178. The zero-order chi connectivity index (χ0) is 12.0. The molecule has 2 aromatic rings. The van der Waals surface area contributed by atoms with E-state index in [0.717, 1.165) is 29.6 Å². The Labute approximate surface area is 99.4 Å². The quantitative estimate of drug-likeness (QED) is 0.788. The normalized spacial score (nSPS) is 20.8. The molecule has 1 aromatic heterocycles. The first-order valence-corrected chi connectivity index (χ1v) is 5.91. The fourth-order valence-corrected chi connectivity index (χ4v) is 2.76. The molecule has 4 heteroatoms. The second kappa shape index (κ2) is 3.82. The summed E-state index contributed by atoms with van der Waals surface area (Å²) in [5.74, 6) is -0.178. The third kappa shape index (κ3) is 1.56. The summed E-state index contributed by atoms with van der Waals surface area (Å²) in [7, 11) is 2.08. The lowest BCUT2D eigenvalue weighted by Gasteiger charge is -2.31. The lowest BCUT2D eigenvalue weighted by Crippen LogP contribution is -2.36. The van der Waals surface area contributed by atoms with Crippen LogP contribution in [0.5, 0.6) is 0 Å². The van der Waals surface area contributed by atoms with E-state index in [9.17, 15) is 4.39 Å². The molecule has 0 saturated heterocycles. The van der Waals surface area contributed by atoms with Crippen LogP contribution in [0.3, 0.4) is 0 Å². The van der Waals surface area contributed by atoms with E-state index in [2.05, 4.69) is 16.9 Å². The summed E-state index contributed by atoms with van der Waals surface area (Å²) in [5.41, 5.74) is 9.21. The first-order chi connectivity index (χ1) is 8.20. The number of fused-ring (bicyclic) bond motifs is 3. The predicted molar refractivity (Wildman–Crippen MR) is 66.4 cm³/mol. The Balaban J connectivity index is 2.23. The standard InChI is InChI=1S/C13H16FN3/c1-17-5-4-9-10-6-8(14)2-3-11(10)16-13(9)12(17)7-15/h2-3,6,12,16H,4-5,7,15H2,1H3. The molecule has 0 fully saturated rings. The fourth-order valence-electron chi connectivity index (χ4n) is 2.76. The largest absolute Gasteiger partial charge is 0.357 e. The SMILES string of the molecule is CN1CCc2c([nH]c3ccc(F)cc23)C1CN. The smallest absolute Gasteiger partial charge is 0.123 e. The van der Waals surface area contributed by atoms with Gasteiger partial charge in [-0.15, -0.1) is 0 Å². The summed E-state index contributed by atoms with van der Waals surface area (Å²) in [6.45, 7) is 1.55. The predicted octanol–water partition coefficient (Wildman–Crippen LogP) is 1.79. The van der Waals surface area contributed by atoms with Crippen LogP contribution in [-0.4, -0.2) is 30.0 Å². The van der Waals surface area contributed by atoms with E-state index in [4.69, 9.17) is 5.73 Å². The van der Waals surface area contributed by atoms with Gasteiger partial charge in [-0.1, -0.05) is 0 Å². The molecule has 0 spiro atoms. The van der Waals surface area contributed by atoms with E-state index in [1.165, 1.54) is 11.6 Å². The second-order valence-corrected chi connectivity index (χ2v) is 4.69. The summed E-state index contributed by atoms with van der Waals surface area (Å²) in [4.78, 5) is 5.63. The van der Waals surface area contributed by atoms with Crippen LogP contribution >= 0.6 is 0 Å². The van der Waals surface area contributed by atoms with E-state index in [1.807, 2.05) is 0 Å². The number of nitrogens with one attached hydrogen (secondary N) is 1. The third-order valence-electron chi connectivity index (χ3n) is 3.70. The van der Waals surface area contributed by atoms with Gasteiger partial charge in [0.15, 0.2) is 0 Å². The van der Waals surface area contributed by atoms with Crippen LogP contribution < -0.4 is 5.73 Å². The molecule has 1 atom stereocenters. The molecule has 1 unspecified atom stereocenters. The van der Waals surface area contributed by atoms with Crippen molar-refractivity contribution >= 4 is 10.9 Å². The molecular formula is C13H16FN3. The molecule has 3 rings (SSSR count). The van der Waals surface area contributed by atoms with Crippen molar-refractivity contribution in [1.29, 1.82) is 0 Å². The maximum Gasteiger partial charge on any atom is 0.123 e. The van der Waals surface area contributed by atoms with E-state index >= 15 is 0 Å². The monoisotopic (exact) mass is 233 g/mol. The van der Waals surface area contributed by atoms with Crippen LogP contribution in [0.2, 0.25) is 0 Å². The van der Waals surface area contributed by atoms with Crippen molar-refractivity contribution in [2.45, 2.75) is 12.5 Å². The zero-order valence-electron chi connectivity index (χ0n) is 9.83. The number of nitrogens with zero attached hydrogens (tertiary/aromatic N) is 1. The van der Waals surface area contributed by atoms with Crippen molar-refractivity contribution in [3.05, 3.63) is 35.3 Å². The number of aromatic amines is 1. The Morgan fingerprint density at radius 3 is 3.12 bits per heavy atom. The van der Waals surface area contributed by atoms with Crippen LogP contribution in [0.4, 0.5) is 4.39 Å². The van der Waals surface area contributed by atoms with E-state index in [1.54, 1.807) is 12.1 Å². The first-order valence-electron chi connectivity index (χ1n) is 5.91. The van der Waals surface area contributed by atoms with Crippen molar-refractivity contribution in [2.24, 2.45) is 5.73 Å².